The fraction of sp³-hybridized carbons (Fsp3) is 0.429. The number of β-lactam (4-membered cyclic amide) rings is 1. The summed E-state index contributed by atoms with van der Waals surface area (Å²) in [5.41, 5.74) is 1.01. The predicted octanol–water partition coefficient (Wildman–Crippen LogP) is 1.53. The minimum atomic E-state index is -0.401. The lowest BCUT2D eigenvalue weighted by atomic mass is 9.95. The second-order valence-corrected chi connectivity index (χ2v) is 4.58. The number of carbonyl (C=O) groups excluding carboxylic acids is 2. The second-order valence-electron chi connectivity index (χ2n) is 4.58. The molecule has 1 aliphatic rings. The average molecular weight is 263 g/mol. The molecule has 19 heavy (non-hydrogen) atoms. The first-order valence-corrected chi connectivity index (χ1v) is 6.23. The van der Waals surface area contributed by atoms with E-state index in [4.69, 9.17) is 9.57 Å². The van der Waals surface area contributed by atoms with Gasteiger partial charge < -0.3 is 4.74 Å². The number of rotatable bonds is 5. The summed E-state index contributed by atoms with van der Waals surface area (Å²) in [7, 11) is 0. The number of nitrogens with zero attached hydrogens (tertiary/aromatic N) is 1. The van der Waals surface area contributed by atoms with Gasteiger partial charge in [-0.25, -0.2) is 5.06 Å². The Labute approximate surface area is 112 Å². The van der Waals surface area contributed by atoms with Crippen LogP contribution >= 0.6 is 0 Å². The van der Waals surface area contributed by atoms with Crippen LogP contribution in [0.5, 0.6) is 0 Å². The molecule has 1 saturated heterocycles. The van der Waals surface area contributed by atoms with Crippen molar-refractivity contribution in [1.29, 1.82) is 0 Å². The zero-order chi connectivity index (χ0) is 13.8. The van der Waals surface area contributed by atoms with Crippen LogP contribution in [0.3, 0.4) is 0 Å². The molecule has 1 aromatic carbocycles. The predicted molar refractivity (Wildman–Crippen MR) is 67.7 cm³/mol. The van der Waals surface area contributed by atoms with Crippen molar-refractivity contribution in [1.82, 2.24) is 5.06 Å². The number of hydrogen-bond donors (Lipinski definition) is 0. The van der Waals surface area contributed by atoms with E-state index in [9.17, 15) is 9.59 Å². The lowest BCUT2D eigenvalue weighted by molar-refractivity contribution is -0.234. The van der Waals surface area contributed by atoms with Gasteiger partial charge in [0.1, 0.15) is 12.7 Å². The Hall–Kier alpha value is -1.88. The Morgan fingerprint density at radius 2 is 2.11 bits per heavy atom. The van der Waals surface area contributed by atoms with Gasteiger partial charge in [0.05, 0.1) is 12.5 Å². The van der Waals surface area contributed by atoms with Crippen molar-refractivity contribution in [3.8, 4) is 0 Å². The molecule has 1 heterocycles. The largest absolute Gasteiger partial charge is 0.462 e. The van der Waals surface area contributed by atoms with Crippen molar-refractivity contribution in [2.45, 2.75) is 26.6 Å². The molecule has 0 aromatic heterocycles. The van der Waals surface area contributed by atoms with Crippen LogP contribution in [0.1, 0.15) is 19.4 Å². The molecule has 2 atom stereocenters. The highest BCUT2D eigenvalue weighted by Crippen LogP contribution is 2.24. The van der Waals surface area contributed by atoms with Crippen molar-refractivity contribution in [2.24, 2.45) is 5.92 Å². The van der Waals surface area contributed by atoms with Crippen LogP contribution in [0.2, 0.25) is 0 Å². The number of benzene rings is 1. The van der Waals surface area contributed by atoms with Crippen molar-refractivity contribution in [3.05, 3.63) is 35.9 Å². The standard InChI is InChI=1S/C14H17NO4/c1-10(19-11(2)16)13-8-15(14(13)17)18-9-12-6-4-3-5-7-12/h3-7,10,13H,8-9H2,1-2H3/t10-,13+/m0/s1. The highest BCUT2D eigenvalue weighted by Gasteiger charge is 2.42. The highest BCUT2D eigenvalue weighted by atomic mass is 16.7. The van der Waals surface area contributed by atoms with E-state index in [0.717, 1.165) is 5.56 Å². The van der Waals surface area contributed by atoms with E-state index >= 15 is 0 Å². The SMILES string of the molecule is CC(=O)O[C@@H](C)[C@H]1CN(OCc2ccccc2)C1=O. The topological polar surface area (TPSA) is 55.8 Å². The Balaban J connectivity index is 1.77. The summed E-state index contributed by atoms with van der Waals surface area (Å²) >= 11 is 0. The molecule has 0 unspecified atom stereocenters. The zero-order valence-corrected chi connectivity index (χ0v) is 11.0. The second kappa shape index (κ2) is 5.84. The van der Waals surface area contributed by atoms with Gasteiger partial charge in [0.25, 0.3) is 5.91 Å². The van der Waals surface area contributed by atoms with E-state index in [1.54, 1.807) is 6.92 Å². The molecule has 0 bridgehead atoms. The molecule has 102 valence electrons. The number of hydrogen-bond acceptors (Lipinski definition) is 4. The van der Waals surface area contributed by atoms with Crippen molar-refractivity contribution < 1.29 is 19.2 Å². The number of esters is 1. The summed E-state index contributed by atoms with van der Waals surface area (Å²) < 4.78 is 4.99. The van der Waals surface area contributed by atoms with Gasteiger partial charge in [-0.15, -0.1) is 0 Å². The average Bonchev–Trinajstić information content (AvgIpc) is 2.37. The van der Waals surface area contributed by atoms with Crippen molar-refractivity contribution in [2.75, 3.05) is 6.54 Å². The molecule has 0 saturated carbocycles. The Bertz CT molecular complexity index is 460. The number of amides is 1. The van der Waals surface area contributed by atoms with E-state index in [-0.39, 0.29) is 17.8 Å². The van der Waals surface area contributed by atoms with Crippen LogP contribution < -0.4 is 0 Å². The molecule has 0 spiro atoms. The summed E-state index contributed by atoms with van der Waals surface area (Å²) in [6.07, 6.45) is -0.401. The van der Waals surface area contributed by atoms with Crippen molar-refractivity contribution in [3.63, 3.8) is 0 Å². The number of hydroxylamine groups is 2. The smallest absolute Gasteiger partial charge is 0.302 e. The third-order valence-corrected chi connectivity index (χ3v) is 3.07. The van der Waals surface area contributed by atoms with Gasteiger partial charge in [-0.2, -0.15) is 0 Å². The first kappa shape index (κ1) is 13.5. The fourth-order valence-electron chi connectivity index (χ4n) is 1.96. The Morgan fingerprint density at radius 3 is 2.68 bits per heavy atom. The highest BCUT2D eigenvalue weighted by molar-refractivity contribution is 5.84. The third-order valence-electron chi connectivity index (χ3n) is 3.07. The molecular weight excluding hydrogens is 246 g/mol. The van der Waals surface area contributed by atoms with Gasteiger partial charge in [-0.05, 0) is 12.5 Å². The van der Waals surface area contributed by atoms with E-state index in [1.165, 1.54) is 12.0 Å². The maximum absolute atomic E-state index is 11.8. The Morgan fingerprint density at radius 1 is 1.42 bits per heavy atom. The maximum atomic E-state index is 11.8. The van der Waals surface area contributed by atoms with Crippen LogP contribution in [0.25, 0.3) is 0 Å². The van der Waals surface area contributed by atoms with Crippen molar-refractivity contribution >= 4 is 11.9 Å². The summed E-state index contributed by atoms with van der Waals surface area (Å²) in [5, 5.41) is 1.32. The minimum Gasteiger partial charge on any atom is -0.462 e. The quantitative estimate of drug-likeness (QED) is 0.597. The molecule has 0 radical (unpaired) electrons. The van der Waals surface area contributed by atoms with Crippen LogP contribution in [0, 0.1) is 5.92 Å². The zero-order valence-electron chi connectivity index (χ0n) is 11.0. The normalized spacial score (nSPS) is 19.8. The lowest BCUT2D eigenvalue weighted by Crippen LogP contribution is -2.56. The molecule has 1 aromatic rings. The summed E-state index contributed by atoms with van der Waals surface area (Å²) in [6, 6.07) is 9.63. The third kappa shape index (κ3) is 3.32. The number of ether oxygens (including phenoxy) is 1. The van der Waals surface area contributed by atoms with Gasteiger partial charge in [-0.1, -0.05) is 30.3 Å². The van der Waals surface area contributed by atoms with E-state index < -0.39 is 6.10 Å². The first-order valence-electron chi connectivity index (χ1n) is 6.23. The minimum absolute atomic E-state index is 0.135. The molecule has 2 rings (SSSR count). The van der Waals surface area contributed by atoms with Crippen LogP contribution in [-0.2, 0) is 25.8 Å². The van der Waals surface area contributed by atoms with Gasteiger partial charge in [0.15, 0.2) is 0 Å². The summed E-state index contributed by atoms with van der Waals surface area (Å²) in [5.74, 6) is -0.798. The summed E-state index contributed by atoms with van der Waals surface area (Å²) in [4.78, 5) is 28.0. The van der Waals surface area contributed by atoms with Gasteiger partial charge in [-0.3, -0.25) is 14.4 Å². The molecule has 5 nitrogen and oxygen atoms in total. The number of carbonyl (C=O) groups is 2. The molecule has 0 aliphatic carbocycles. The van der Waals surface area contributed by atoms with E-state index in [1.807, 2.05) is 30.3 Å². The molecule has 0 N–H and O–H groups in total. The van der Waals surface area contributed by atoms with E-state index in [2.05, 4.69) is 0 Å². The molecular formula is C14H17NO4. The molecule has 1 amide bonds. The van der Waals surface area contributed by atoms with Gasteiger partial charge >= 0.3 is 5.97 Å². The monoisotopic (exact) mass is 263 g/mol. The van der Waals surface area contributed by atoms with Gasteiger partial charge in [0.2, 0.25) is 0 Å². The van der Waals surface area contributed by atoms with Crippen LogP contribution in [0.15, 0.2) is 30.3 Å². The fourth-order valence-corrected chi connectivity index (χ4v) is 1.96. The first-order chi connectivity index (χ1) is 9.08. The molecule has 1 aliphatic heterocycles. The lowest BCUT2D eigenvalue weighted by Gasteiger charge is -2.39. The molecule has 1 fully saturated rings. The summed E-state index contributed by atoms with van der Waals surface area (Å²) in [6.45, 7) is 3.88. The Kier molecular flexibility index (Phi) is 4.16. The molecule has 5 heteroatoms. The van der Waals surface area contributed by atoms with Gasteiger partial charge in [0, 0.05) is 6.92 Å². The van der Waals surface area contributed by atoms with Crippen LogP contribution in [-0.4, -0.2) is 29.6 Å². The maximum Gasteiger partial charge on any atom is 0.302 e. The van der Waals surface area contributed by atoms with Crippen LogP contribution in [0.4, 0.5) is 0 Å². The van der Waals surface area contributed by atoms with E-state index in [0.29, 0.717) is 13.2 Å².